The van der Waals surface area contributed by atoms with Crippen LogP contribution < -0.4 is 0 Å². The first-order chi connectivity index (χ1) is 7.84. The lowest BCUT2D eigenvalue weighted by Gasteiger charge is -2.05. The van der Waals surface area contributed by atoms with Crippen LogP contribution in [-0.4, -0.2) is 19.7 Å². The Balaban J connectivity index is 2.61. The summed E-state index contributed by atoms with van der Waals surface area (Å²) in [4.78, 5) is 5.02. The number of fused-ring (bicyclic) bond motifs is 1. The van der Waals surface area contributed by atoms with Gasteiger partial charge in [0, 0.05) is 0 Å². The molecule has 1 N–H and O–H groups in total. The molecule has 0 radical (unpaired) electrons. The molecule has 0 aliphatic rings. The largest absolute Gasteiger partial charge is 0.390 e. The number of rotatable bonds is 2. The van der Waals surface area contributed by atoms with Crippen molar-refractivity contribution >= 4 is 51.1 Å². The highest BCUT2D eigenvalue weighted by atomic mass is 35.6. The van der Waals surface area contributed by atoms with Crippen molar-refractivity contribution in [2.45, 2.75) is 30.2 Å². The zero-order valence-electron chi connectivity index (χ0n) is 9.12. The lowest BCUT2D eigenvalue weighted by molar-refractivity contribution is 0.272. The molecule has 0 fully saturated rings. The molecule has 0 aliphatic carbocycles. The molecule has 0 unspecified atom stereocenters. The fourth-order valence-electron chi connectivity index (χ4n) is 1.53. The Labute approximate surface area is 117 Å². The zero-order valence-corrected chi connectivity index (χ0v) is 12.2. The number of imidazole rings is 1. The fourth-order valence-corrected chi connectivity index (χ4v) is 2.78. The van der Waals surface area contributed by atoms with Gasteiger partial charge in [-0.3, -0.25) is 0 Å². The van der Waals surface area contributed by atoms with Crippen LogP contribution in [0.4, 0.5) is 0 Å². The quantitative estimate of drug-likeness (QED) is 0.866. The highest BCUT2D eigenvalue weighted by Crippen LogP contribution is 2.40. The maximum Gasteiger partial charge on any atom is 0.243 e. The molecule has 0 saturated carbocycles. The Morgan fingerprint density at radius 3 is 2.53 bits per heavy atom. The second-order valence-electron chi connectivity index (χ2n) is 3.86. The van der Waals surface area contributed by atoms with Crippen LogP contribution in [0.25, 0.3) is 4.96 Å². The summed E-state index contributed by atoms with van der Waals surface area (Å²) < 4.78 is -0.0205. The molecule has 0 bridgehead atoms. The second kappa shape index (κ2) is 4.55. The predicted octanol–water partition coefficient (Wildman–Crippen LogP) is 3.23. The summed E-state index contributed by atoms with van der Waals surface area (Å²) in [7, 11) is 0. The first kappa shape index (κ1) is 13.4. The van der Waals surface area contributed by atoms with E-state index in [4.69, 9.17) is 34.8 Å². The van der Waals surface area contributed by atoms with E-state index in [1.165, 1.54) is 15.9 Å². The van der Waals surface area contributed by atoms with Gasteiger partial charge in [-0.25, -0.2) is 9.50 Å². The van der Waals surface area contributed by atoms with Gasteiger partial charge in [0.2, 0.25) is 8.75 Å². The Morgan fingerprint density at radius 2 is 2.06 bits per heavy atom. The van der Waals surface area contributed by atoms with E-state index in [0.29, 0.717) is 15.7 Å². The number of hydrogen-bond donors (Lipinski definition) is 1. The van der Waals surface area contributed by atoms with Gasteiger partial charge < -0.3 is 5.11 Å². The van der Waals surface area contributed by atoms with Crippen molar-refractivity contribution in [1.29, 1.82) is 0 Å². The van der Waals surface area contributed by atoms with Gasteiger partial charge in [0.25, 0.3) is 0 Å². The molecule has 0 saturated heterocycles. The zero-order chi connectivity index (χ0) is 12.8. The summed E-state index contributed by atoms with van der Waals surface area (Å²) in [6, 6.07) is 0. The van der Waals surface area contributed by atoms with Crippen molar-refractivity contribution in [3.05, 3.63) is 16.4 Å². The highest BCUT2D eigenvalue weighted by Gasteiger charge is 2.29. The van der Waals surface area contributed by atoms with E-state index < -0.39 is 3.79 Å². The van der Waals surface area contributed by atoms with E-state index in [-0.39, 0.29) is 12.5 Å². The third-order valence-electron chi connectivity index (χ3n) is 2.27. The molecule has 0 spiro atoms. The smallest absolute Gasteiger partial charge is 0.243 e. The standard InChI is InChI=1S/C9H10Cl3N3OS/c1-4(2)6-5(3-16)15-8(13-6)17-7(14-15)9(10,11)12/h4,16H,3H2,1-2H3. The second-order valence-corrected chi connectivity index (χ2v) is 7.09. The summed E-state index contributed by atoms with van der Waals surface area (Å²) >= 11 is 18.5. The highest BCUT2D eigenvalue weighted by molar-refractivity contribution is 7.17. The van der Waals surface area contributed by atoms with Crippen LogP contribution in [-0.2, 0) is 10.4 Å². The fraction of sp³-hybridized carbons (Fsp3) is 0.556. The van der Waals surface area contributed by atoms with E-state index in [2.05, 4.69) is 10.1 Å². The van der Waals surface area contributed by atoms with Gasteiger partial charge in [-0.2, -0.15) is 5.10 Å². The normalized spacial score (nSPS) is 12.9. The summed E-state index contributed by atoms with van der Waals surface area (Å²) in [6.07, 6.45) is 0. The summed E-state index contributed by atoms with van der Waals surface area (Å²) in [5.41, 5.74) is 1.47. The van der Waals surface area contributed by atoms with E-state index in [9.17, 15) is 5.11 Å². The molecule has 2 rings (SSSR count). The number of alkyl halides is 3. The number of nitrogens with zero attached hydrogens (tertiary/aromatic N) is 3. The number of hydrogen-bond acceptors (Lipinski definition) is 4. The van der Waals surface area contributed by atoms with Crippen LogP contribution in [0.15, 0.2) is 0 Å². The summed E-state index contributed by atoms with van der Waals surface area (Å²) in [5, 5.41) is 13.9. The number of aliphatic hydroxyl groups excluding tert-OH is 1. The topological polar surface area (TPSA) is 50.4 Å². The molecule has 94 valence electrons. The van der Waals surface area contributed by atoms with Crippen LogP contribution in [0, 0.1) is 0 Å². The first-order valence-corrected chi connectivity index (χ1v) is 6.86. The third-order valence-corrected chi connectivity index (χ3v) is 4.17. The minimum atomic E-state index is -1.56. The number of aliphatic hydroxyl groups is 1. The van der Waals surface area contributed by atoms with E-state index >= 15 is 0 Å². The van der Waals surface area contributed by atoms with E-state index in [1.54, 1.807) is 0 Å². The average Bonchev–Trinajstić information content (AvgIpc) is 2.71. The first-order valence-electron chi connectivity index (χ1n) is 4.91. The summed E-state index contributed by atoms with van der Waals surface area (Å²) in [5.74, 6) is 0.210. The van der Waals surface area contributed by atoms with Crippen molar-refractivity contribution in [2.75, 3.05) is 0 Å². The molecule has 2 aromatic heterocycles. The Bertz CT molecular complexity index is 543. The molecule has 0 amide bonds. The van der Waals surface area contributed by atoms with Crippen molar-refractivity contribution in [1.82, 2.24) is 14.6 Å². The van der Waals surface area contributed by atoms with Crippen molar-refractivity contribution < 1.29 is 5.11 Å². The minimum Gasteiger partial charge on any atom is -0.390 e. The maximum absolute atomic E-state index is 9.37. The van der Waals surface area contributed by atoms with Crippen LogP contribution in [0.1, 0.15) is 36.2 Å². The monoisotopic (exact) mass is 313 g/mol. The Kier molecular flexibility index (Phi) is 3.58. The van der Waals surface area contributed by atoms with Gasteiger partial charge in [-0.1, -0.05) is 60.0 Å². The van der Waals surface area contributed by atoms with Crippen LogP contribution >= 0.6 is 46.1 Å². The van der Waals surface area contributed by atoms with Crippen molar-refractivity contribution in [2.24, 2.45) is 0 Å². The lowest BCUT2D eigenvalue weighted by atomic mass is 10.1. The van der Waals surface area contributed by atoms with Gasteiger partial charge in [-0.15, -0.1) is 0 Å². The third kappa shape index (κ3) is 2.39. The molecule has 2 heterocycles. The SMILES string of the molecule is CC(C)c1nc2sc(C(Cl)(Cl)Cl)nn2c1CO. The van der Waals surface area contributed by atoms with E-state index in [0.717, 1.165) is 5.69 Å². The molecular weight excluding hydrogens is 305 g/mol. The van der Waals surface area contributed by atoms with Crippen LogP contribution in [0.2, 0.25) is 0 Å². The van der Waals surface area contributed by atoms with Crippen molar-refractivity contribution in [3.63, 3.8) is 0 Å². The number of aromatic nitrogens is 3. The molecule has 0 atom stereocenters. The molecule has 0 aromatic carbocycles. The maximum atomic E-state index is 9.37. The minimum absolute atomic E-state index is 0.141. The molecule has 8 heteroatoms. The average molecular weight is 315 g/mol. The van der Waals surface area contributed by atoms with Gasteiger partial charge in [0.15, 0.2) is 5.01 Å². The summed E-state index contributed by atoms with van der Waals surface area (Å²) in [6.45, 7) is 3.86. The van der Waals surface area contributed by atoms with Gasteiger partial charge >= 0.3 is 0 Å². The van der Waals surface area contributed by atoms with Crippen LogP contribution in [0.3, 0.4) is 0 Å². The molecule has 2 aromatic rings. The predicted molar refractivity (Wildman–Crippen MR) is 70.1 cm³/mol. The Morgan fingerprint density at radius 1 is 1.41 bits per heavy atom. The molecular formula is C9H10Cl3N3OS. The van der Waals surface area contributed by atoms with Crippen LogP contribution in [0.5, 0.6) is 0 Å². The van der Waals surface area contributed by atoms with Gasteiger partial charge in [0.05, 0.1) is 18.0 Å². The molecule has 0 aliphatic heterocycles. The van der Waals surface area contributed by atoms with Gasteiger partial charge in [0.1, 0.15) is 0 Å². The molecule has 17 heavy (non-hydrogen) atoms. The lowest BCUT2D eigenvalue weighted by Crippen LogP contribution is -2.04. The Hall–Kier alpha value is -0.0700. The van der Waals surface area contributed by atoms with Gasteiger partial charge in [-0.05, 0) is 5.92 Å². The van der Waals surface area contributed by atoms with Crippen molar-refractivity contribution in [3.8, 4) is 0 Å². The van der Waals surface area contributed by atoms with E-state index in [1.807, 2.05) is 13.8 Å². The molecule has 4 nitrogen and oxygen atoms in total. The number of halogens is 3.